The first-order valence-electron chi connectivity index (χ1n) is 7.62. The molecule has 0 radical (unpaired) electrons. The smallest absolute Gasteiger partial charge is 0.326 e. The summed E-state index contributed by atoms with van der Waals surface area (Å²) in [6, 6.07) is 8.43. The maximum Gasteiger partial charge on any atom is 0.326 e. The van der Waals surface area contributed by atoms with Crippen LogP contribution in [0.4, 0.5) is 0 Å². The zero-order valence-corrected chi connectivity index (χ0v) is 16.5. The lowest BCUT2D eigenvalue weighted by molar-refractivity contribution is -0.143. The topological polar surface area (TPSA) is 87.0 Å². The second kappa shape index (κ2) is 7.60. The van der Waals surface area contributed by atoms with Gasteiger partial charge in [0, 0.05) is 0 Å². The first-order valence-corrected chi connectivity index (χ1v) is 10.8. The van der Waals surface area contributed by atoms with E-state index in [1.165, 1.54) is 17.4 Å². The van der Waals surface area contributed by atoms with Crippen LogP contribution < -0.4 is 9.54 Å². The summed E-state index contributed by atoms with van der Waals surface area (Å²) in [5, 5.41) is 1.67. The van der Waals surface area contributed by atoms with Crippen molar-refractivity contribution in [3.63, 3.8) is 0 Å². The van der Waals surface area contributed by atoms with Crippen LogP contribution in [0.15, 0.2) is 44.3 Å². The number of carbonyl (C=O) groups is 1. The van der Waals surface area contributed by atoms with Gasteiger partial charge >= 0.3 is 5.97 Å². The van der Waals surface area contributed by atoms with E-state index < -0.39 is 16.0 Å². The normalized spacial score (nSPS) is 12.5. The Morgan fingerprint density at radius 1 is 1.31 bits per heavy atom. The number of benzene rings is 1. The van der Waals surface area contributed by atoms with Gasteiger partial charge < -0.3 is 14.0 Å². The van der Waals surface area contributed by atoms with Crippen molar-refractivity contribution < 1.29 is 22.7 Å². The van der Waals surface area contributed by atoms with Crippen LogP contribution in [0, 0.1) is 0 Å². The number of thiophene rings is 1. The molecule has 10 heteroatoms. The number of esters is 1. The van der Waals surface area contributed by atoms with Gasteiger partial charge in [0.15, 0.2) is 0 Å². The quantitative estimate of drug-likeness (QED) is 0.581. The molecule has 1 aromatic carbocycles. The highest BCUT2D eigenvalue weighted by atomic mass is 32.2. The molecule has 0 bridgehead atoms. The Bertz CT molecular complexity index is 1090. The molecule has 0 unspecified atom stereocenters. The maximum atomic E-state index is 12.5. The molecule has 0 atom stereocenters. The van der Waals surface area contributed by atoms with Gasteiger partial charge in [0.2, 0.25) is 4.80 Å². The lowest BCUT2D eigenvalue weighted by atomic mass is 10.3. The molecule has 0 aliphatic heterocycles. The van der Waals surface area contributed by atoms with Crippen molar-refractivity contribution in [1.82, 2.24) is 4.57 Å². The maximum absolute atomic E-state index is 12.5. The van der Waals surface area contributed by atoms with Gasteiger partial charge in [-0.05, 0) is 36.6 Å². The number of sulfonamides is 1. The average Bonchev–Trinajstić information content (AvgIpc) is 3.24. The molecule has 0 saturated carbocycles. The zero-order chi connectivity index (χ0) is 18.7. The van der Waals surface area contributed by atoms with Crippen molar-refractivity contribution in [2.24, 2.45) is 4.40 Å². The molecule has 0 aliphatic rings. The van der Waals surface area contributed by atoms with Crippen molar-refractivity contribution in [3.05, 3.63) is 40.5 Å². The average molecular weight is 413 g/mol. The minimum atomic E-state index is -3.85. The first kappa shape index (κ1) is 18.6. The van der Waals surface area contributed by atoms with Crippen LogP contribution in [0.3, 0.4) is 0 Å². The summed E-state index contributed by atoms with van der Waals surface area (Å²) in [5.41, 5.74) is 0.684. The summed E-state index contributed by atoms with van der Waals surface area (Å²) in [6.45, 7) is 1.83. The Morgan fingerprint density at radius 3 is 2.77 bits per heavy atom. The number of aromatic nitrogens is 1. The van der Waals surface area contributed by atoms with Gasteiger partial charge in [0.1, 0.15) is 16.5 Å². The molecule has 0 spiro atoms. The zero-order valence-electron chi connectivity index (χ0n) is 14.0. The van der Waals surface area contributed by atoms with E-state index in [1.807, 2.05) is 0 Å². The highest BCUT2D eigenvalue weighted by molar-refractivity contribution is 7.92. The fraction of sp³-hybridized carbons (Fsp3) is 0.250. The summed E-state index contributed by atoms with van der Waals surface area (Å²) in [4.78, 5) is 12.2. The van der Waals surface area contributed by atoms with E-state index in [1.54, 1.807) is 48.2 Å². The number of nitrogens with zero attached hydrogens (tertiary/aromatic N) is 2. The fourth-order valence-electron chi connectivity index (χ4n) is 2.30. The third-order valence-electron chi connectivity index (χ3n) is 3.43. The van der Waals surface area contributed by atoms with E-state index in [9.17, 15) is 13.2 Å². The van der Waals surface area contributed by atoms with Gasteiger partial charge in [-0.3, -0.25) is 4.79 Å². The number of rotatable bonds is 6. The van der Waals surface area contributed by atoms with Crippen LogP contribution >= 0.6 is 22.7 Å². The van der Waals surface area contributed by atoms with E-state index >= 15 is 0 Å². The highest BCUT2D eigenvalue weighted by Crippen LogP contribution is 2.24. The number of fused-ring (bicyclic) bond motifs is 1. The SMILES string of the molecule is CCOC(=O)Cn1c(=NS(=O)(=O)c2cccs2)sc2cc(OC)ccc21. The van der Waals surface area contributed by atoms with Crippen LogP contribution in [0.1, 0.15) is 6.92 Å². The fourth-order valence-corrected chi connectivity index (χ4v) is 5.53. The predicted octanol–water partition coefficient (Wildman–Crippen LogP) is 2.63. The number of hydrogen-bond donors (Lipinski definition) is 0. The largest absolute Gasteiger partial charge is 0.497 e. The molecular weight excluding hydrogens is 396 g/mol. The Kier molecular flexibility index (Phi) is 5.44. The molecule has 26 heavy (non-hydrogen) atoms. The molecular formula is C16H16N2O5S3. The van der Waals surface area contributed by atoms with Crippen LogP contribution in [0.2, 0.25) is 0 Å². The van der Waals surface area contributed by atoms with Crippen molar-refractivity contribution in [2.75, 3.05) is 13.7 Å². The van der Waals surface area contributed by atoms with Gasteiger partial charge in [0.05, 0.1) is 23.9 Å². The molecule has 7 nitrogen and oxygen atoms in total. The summed E-state index contributed by atoms with van der Waals surface area (Å²) < 4.78 is 41.7. The van der Waals surface area contributed by atoms with Gasteiger partial charge in [-0.2, -0.15) is 8.42 Å². The molecule has 0 aliphatic carbocycles. The number of thiazole rings is 1. The predicted molar refractivity (Wildman–Crippen MR) is 100 cm³/mol. The van der Waals surface area contributed by atoms with Crippen molar-refractivity contribution >= 4 is 48.9 Å². The molecule has 0 fully saturated rings. The standard InChI is InChI=1S/C16H16N2O5S3/c1-3-23-14(19)10-18-12-7-6-11(22-2)9-13(12)25-16(18)17-26(20,21)15-5-4-8-24-15/h4-9H,3,10H2,1-2H3. The first-order chi connectivity index (χ1) is 12.4. The van der Waals surface area contributed by atoms with E-state index in [0.717, 1.165) is 16.0 Å². The third-order valence-corrected chi connectivity index (χ3v) is 7.23. The highest BCUT2D eigenvalue weighted by Gasteiger charge is 2.17. The van der Waals surface area contributed by atoms with E-state index in [0.29, 0.717) is 11.3 Å². The molecule has 138 valence electrons. The Labute approximate surface area is 158 Å². The molecule has 0 amide bonds. The van der Waals surface area contributed by atoms with E-state index in [2.05, 4.69) is 4.40 Å². The van der Waals surface area contributed by atoms with Crippen molar-refractivity contribution in [1.29, 1.82) is 0 Å². The summed E-state index contributed by atoms with van der Waals surface area (Å²) in [5.74, 6) is 0.174. The molecule has 2 heterocycles. The van der Waals surface area contributed by atoms with Crippen molar-refractivity contribution in [3.8, 4) is 5.75 Å². The lowest BCUT2D eigenvalue weighted by Gasteiger charge is -2.05. The second-order valence-electron chi connectivity index (χ2n) is 5.11. The molecule has 3 aromatic rings. The number of ether oxygens (including phenoxy) is 2. The van der Waals surface area contributed by atoms with Gasteiger partial charge in [0.25, 0.3) is 10.0 Å². The van der Waals surface area contributed by atoms with Gasteiger partial charge in [-0.15, -0.1) is 15.7 Å². The summed E-state index contributed by atoms with van der Waals surface area (Å²) in [6.07, 6.45) is 0. The number of carbonyl (C=O) groups excluding carboxylic acids is 1. The molecule has 0 N–H and O–H groups in total. The summed E-state index contributed by atoms with van der Waals surface area (Å²) >= 11 is 2.26. The van der Waals surface area contributed by atoms with Gasteiger partial charge in [-0.25, -0.2) is 0 Å². The van der Waals surface area contributed by atoms with Crippen LogP contribution in [-0.2, 0) is 26.1 Å². The number of hydrogen-bond acceptors (Lipinski definition) is 7. The molecule has 0 saturated heterocycles. The van der Waals surface area contributed by atoms with Gasteiger partial charge in [-0.1, -0.05) is 17.4 Å². The number of methoxy groups -OCH3 is 1. The Morgan fingerprint density at radius 2 is 2.12 bits per heavy atom. The van der Waals surface area contributed by atoms with Crippen LogP contribution in [0.25, 0.3) is 10.2 Å². The molecule has 3 rings (SSSR count). The summed E-state index contributed by atoms with van der Waals surface area (Å²) in [7, 11) is -2.30. The Balaban J connectivity index is 2.19. The molecule has 2 aromatic heterocycles. The van der Waals surface area contributed by atoms with E-state index in [4.69, 9.17) is 9.47 Å². The third kappa shape index (κ3) is 3.81. The minimum absolute atomic E-state index is 0.126. The van der Waals surface area contributed by atoms with Crippen molar-refractivity contribution in [2.45, 2.75) is 17.7 Å². The second-order valence-corrected chi connectivity index (χ2v) is 8.90. The van der Waals surface area contributed by atoms with Crippen LogP contribution in [0.5, 0.6) is 5.75 Å². The monoisotopic (exact) mass is 412 g/mol. The Hall–Kier alpha value is -2.17. The minimum Gasteiger partial charge on any atom is -0.497 e. The van der Waals surface area contributed by atoms with Crippen LogP contribution in [-0.4, -0.2) is 32.7 Å². The van der Waals surface area contributed by atoms with E-state index in [-0.39, 0.29) is 22.2 Å². The lowest BCUT2D eigenvalue weighted by Crippen LogP contribution is -2.23.